The molecule has 1 amide bonds. The van der Waals surface area contributed by atoms with E-state index in [1.165, 1.54) is 49.6 Å². The molecule has 3 rings (SSSR count). The lowest BCUT2D eigenvalue weighted by atomic mass is 10.1. The average Bonchev–Trinajstić information content (AvgIpc) is 2.87. The number of carbonyl (C=O) groups excluding carboxylic acids is 3. The van der Waals surface area contributed by atoms with E-state index in [1.54, 1.807) is 0 Å². The molecule has 0 radical (unpaired) electrons. The summed E-state index contributed by atoms with van der Waals surface area (Å²) < 4.78 is 36.9. The number of ether oxygens (including phenoxy) is 2. The van der Waals surface area contributed by atoms with Crippen LogP contribution in [0.25, 0.3) is 0 Å². The Morgan fingerprint density at radius 2 is 1.51 bits per heavy atom. The highest BCUT2D eigenvalue weighted by Crippen LogP contribution is 2.28. The maximum absolute atomic E-state index is 12.8. The Bertz CT molecular complexity index is 1510. The van der Waals surface area contributed by atoms with Crippen LogP contribution in [0.1, 0.15) is 31.1 Å². The van der Waals surface area contributed by atoms with E-state index in [9.17, 15) is 32.9 Å². The summed E-state index contributed by atoms with van der Waals surface area (Å²) in [6, 6.07) is 12.1. The van der Waals surface area contributed by atoms with Crippen molar-refractivity contribution in [1.29, 1.82) is 0 Å². The molecular formula is C23H18ClN3O9S. The molecule has 0 saturated heterocycles. The van der Waals surface area contributed by atoms with Crippen LogP contribution < -0.4 is 10.0 Å². The van der Waals surface area contributed by atoms with E-state index in [4.69, 9.17) is 16.3 Å². The number of halogens is 1. The smallest absolute Gasteiger partial charge is 0.339 e. The van der Waals surface area contributed by atoms with E-state index < -0.39 is 38.5 Å². The molecule has 0 bridgehead atoms. The summed E-state index contributed by atoms with van der Waals surface area (Å²) in [5.74, 6) is -2.11. The van der Waals surface area contributed by atoms with E-state index >= 15 is 0 Å². The topological polar surface area (TPSA) is 171 Å². The van der Waals surface area contributed by atoms with E-state index in [-0.39, 0.29) is 38.0 Å². The van der Waals surface area contributed by atoms with Gasteiger partial charge < -0.3 is 14.8 Å². The van der Waals surface area contributed by atoms with Gasteiger partial charge in [-0.3, -0.25) is 19.6 Å². The minimum atomic E-state index is -4.21. The standard InChI is InChI=1S/C23H18ClN3O9S/c1-35-22(29)14-5-9-17(23(30)36-2)19(11-14)25-21(28)13-3-6-15(7-4-13)26-37(33,34)16-8-10-18(24)20(12-16)27(31)32/h3-12,26H,1-2H3,(H,25,28). The Balaban J connectivity index is 1.82. The highest BCUT2D eigenvalue weighted by Gasteiger charge is 2.22. The van der Waals surface area contributed by atoms with Gasteiger partial charge in [-0.1, -0.05) is 11.6 Å². The number of anilines is 2. The number of benzene rings is 3. The number of esters is 2. The number of carbonyl (C=O) groups is 3. The minimum Gasteiger partial charge on any atom is -0.465 e. The number of nitrogens with one attached hydrogen (secondary N) is 2. The lowest BCUT2D eigenvalue weighted by Gasteiger charge is -2.12. The molecule has 0 heterocycles. The maximum Gasteiger partial charge on any atom is 0.339 e. The molecule has 0 unspecified atom stereocenters. The van der Waals surface area contributed by atoms with Crippen LogP contribution in [0.3, 0.4) is 0 Å². The summed E-state index contributed by atoms with van der Waals surface area (Å²) in [6.07, 6.45) is 0. The molecule has 2 N–H and O–H groups in total. The van der Waals surface area contributed by atoms with Crippen molar-refractivity contribution in [3.8, 4) is 0 Å². The summed E-state index contributed by atoms with van der Waals surface area (Å²) in [6.45, 7) is 0. The van der Waals surface area contributed by atoms with Crippen LogP contribution in [0, 0.1) is 10.1 Å². The van der Waals surface area contributed by atoms with Crippen LogP contribution in [-0.2, 0) is 19.5 Å². The number of hydrogen-bond acceptors (Lipinski definition) is 9. The molecule has 0 saturated carbocycles. The average molecular weight is 548 g/mol. The number of methoxy groups -OCH3 is 2. The first-order chi connectivity index (χ1) is 17.5. The third-order valence-corrected chi connectivity index (χ3v) is 6.62. The van der Waals surface area contributed by atoms with Gasteiger partial charge in [0.05, 0.1) is 40.9 Å². The third-order valence-electron chi connectivity index (χ3n) is 4.92. The quantitative estimate of drug-likeness (QED) is 0.241. The second-order valence-electron chi connectivity index (χ2n) is 7.25. The van der Waals surface area contributed by atoms with Crippen LogP contribution in [-0.4, -0.2) is 45.4 Å². The highest BCUT2D eigenvalue weighted by atomic mass is 35.5. The third kappa shape index (κ3) is 6.20. The zero-order valence-corrected chi connectivity index (χ0v) is 20.8. The molecule has 3 aromatic rings. The minimum absolute atomic E-state index is 0.00568. The molecule has 37 heavy (non-hydrogen) atoms. The van der Waals surface area contributed by atoms with Gasteiger partial charge in [0.15, 0.2) is 0 Å². The second kappa shape index (κ2) is 11.1. The SMILES string of the molecule is COC(=O)c1ccc(C(=O)OC)c(NC(=O)c2ccc(NS(=O)(=O)c3ccc(Cl)c([N+](=O)[O-])c3)cc2)c1. The Kier molecular flexibility index (Phi) is 8.10. The molecule has 0 aliphatic heterocycles. The second-order valence-corrected chi connectivity index (χ2v) is 9.34. The first-order valence-corrected chi connectivity index (χ1v) is 12.0. The number of amides is 1. The van der Waals surface area contributed by atoms with Crippen molar-refractivity contribution in [2.45, 2.75) is 4.90 Å². The summed E-state index contributed by atoms with van der Waals surface area (Å²) in [5, 5.41) is 13.4. The van der Waals surface area contributed by atoms with Gasteiger partial charge in [-0.25, -0.2) is 18.0 Å². The van der Waals surface area contributed by atoms with E-state index in [2.05, 4.69) is 14.8 Å². The van der Waals surface area contributed by atoms with Crippen molar-refractivity contribution in [3.63, 3.8) is 0 Å². The van der Waals surface area contributed by atoms with Crippen LogP contribution in [0.15, 0.2) is 65.6 Å². The van der Waals surface area contributed by atoms with Crippen LogP contribution in [0.2, 0.25) is 5.02 Å². The normalized spacial score (nSPS) is 10.8. The largest absolute Gasteiger partial charge is 0.465 e. The summed E-state index contributed by atoms with van der Waals surface area (Å²) in [4.78, 5) is 46.6. The number of sulfonamides is 1. The Labute approximate surface area is 215 Å². The number of hydrogen-bond donors (Lipinski definition) is 2. The predicted octanol–water partition coefficient (Wildman–Crippen LogP) is 3.87. The van der Waals surface area contributed by atoms with Crippen molar-refractivity contribution in [2.24, 2.45) is 0 Å². The van der Waals surface area contributed by atoms with Gasteiger partial charge >= 0.3 is 11.9 Å². The number of nitro benzene ring substituents is 1. The van der Waals surface area contributed by atoms with E-state index in [0.717, 1.165) is 25.3 Å². The molecule has 0 aliphatic carbocycles. The zero-order chi connectivity index (χ0) is 27.3. The molecule has 14 heteroatoms. The Morgan fingerprint density at radius 3 is 2.11 bits per heavy atom. The number of nitrogens with zero attached hydrogens (tertiary/aromatic N) is 1. The zero-order valence-electron chi connectivity index (χ0n) is 19.2. The van der Waals surface area contributed by atoms with Gasteiger partial charge in [0.2, 0.25) is 0 Å². The van der Waals surface area contributed by atoms with Gasteiger partial charge in [-0.2, -0.15) is 0 Å². The molecule has 3 aromatic carbocycles. The molecule has 12 nitrogen and oxygen atoms in total. The highest BCUT2D eigenvalue weighted by molar-refractivity contribution is 7.92. The van der Waals surface area contributed by atoms with Crippen LogP contribution in [0.5, 0.6) is 0 Å². The van der Waals surface area contributed by atoms with Crippen molar-refractivity contribution in [1.82, 2.24) is 0 Å². The maximum atomic E-state index is 12.8. The lowest BCUT2D eigenvalue weighted by Crippen LogP contribution is -2.17. The monoisotopic (exact) mass is 547 g/mol. The molecule has 0 atom stereocenters. The van der Waals surface area contributed by atoms with Crippen molar-refractivity contribution < 1.29 is 37.2 Å². The molecule has 0 aromatic heterocycles. The van der Waals surface area contributed by atoms with E-state index in [1.807, 2.05) is 0 Å². The van der Waals surface area contributed by atoms with Gasteiger partial charge in [0, 0.05) is 17.3 Å². The lowest BCUT2D eigenvalue weighted by molar-refractivity contribution is -0.384. The van der Waals surface area contributed by atoms with Gasteiger partial charge in [0.1, 0.15) is 5.02 Å². The Hall–Kier alpha value is -4.49. The van der Waals surface area contributed by atoms with Crippen LogP contribution in [0.4, 0.5) is 17.1 Å². The molecule has 0 spiro atoms. The molecular weight excluding hydrogens is 530 g/mol. The summed E-state index contributed by atoms with van der Waals surface area (Å²) >= 11 is 5.73. The first kappa shape index (κ1) is 27.1. The number of rotatable bonds is 8. The molecule has 192 valence electrons. The van der Waals surface area contributed by atoms with Crippen molar-refractivity contribution in [3.05, 3.63) is 92.5 Å². The fraction of sp³-hybridized carbons (Fsp3) is 0.0870. The first-order valence-electron chi connectivity index (χ1n) is 10.2. The fourth-order valence-electron chi connectivity index (χ4n) is 3.08. The van der Waals surface area contributed by atoms with Gasteiger partial charge in [0.25, 0.3) is 21.6 Å². The molecule has 0 fully saturated rings. The predicted molar refractivity (Wildman–Crippen MR) is 132 cm³/mol. The van der Waals surface area contributed by atoms with Crippen molar-refractivity contribution in [2.75, 3.05) is 24.3 Å². The Morgan fingerprint density at radius 1 is 0.892 bits per heavy atom. The fourth-order valence-corrected chi connectivity index (χ4v) is 4.34. The van der Waals surface area contributed by atoms with Gasteiger partial charge in [-0.15, -0.1) is 0 Å². The summed E-state index contributed by atoms with van der Waals surface area (Å²) in [7, 11) is -1.87. The summed E-state index contributed by atoms with van der Waals surface area (Å²) in [5.41, 5.74) is -0.350. The molecule has 0 aliphatic rings. The van der Waals surface area contributed by atoms with Crippen molar-refractivity contribution >= 4 is 56.5 Å². The van der Waals surface area contributed by atoms with Gasteiger partial charge in [-0.05, 0) is 54.6 Å². The van der Waals surface area contributed by atoms with E-state index in [0.29, 0.717) is 0 Å². The number of nitro groups is 1. The van der Waals surface area contributed by atoms with Crippen LogP contribution >= 0.6 is 11.6 Å².